The molecule has 0 saturated carbocycles. The Bertz CT molecular complexity index is 461. The minimum atomic E-state index is 0.245. The summed E-state index contributed by atoms with van der Waals surface area (Å²) in [5.41, 5.74) is 1.33. The smallest absolute Gasteiger partial charge is 0.134 e. The van der Waals surface area contributed by atoms with E-state index in [0.717, 1.165) is 5.75 Å². The van der Waals surface area contributed by atoms with E-state index < -0.39 is 0 Å². The zero-order chi connectivity index (χ0) is 11.5. The third kappa shape index (κ3) is 2.00. The molecule has 0 saturated heterocycles. The fourth-order valence-electron chi connectivity index (χ4n) is 1.75. The SMILES string of the molecule is CNC(c1sccc1C)c1sccc1OC. The number of hydrogen-bond acceptors (Lipinski definition) is 4. The quantitative estimate of drug-likeness (QED) is 0.901. The Morgan fingerprint density at radius 3 is 2.44 bits per heavy atom. The van der Waals surface area contributed by atoms with Gasteiger partial charge in [-0.15, -0.1) is 22.7 Å². The molecular formula is C12H15NOS2. The molecule has 2 aromatic rings. The lowest BCUT2D eigenvalue weighted by molar-refractivity contribution is 0.409. The first kappa shape index (κ1) is 11.6. The van der Waals surface area contributed by atoms with E-state index in [4.69, 9.17) is 4.74 Å². The van der Waals surface area contributed by atoms with Gasteiger partial charge in [0, 0.05) is 4.88 Å². The summed E-state index contributed by atoms with van der Waals surface area (Å²) in [6, 6.07) is 4.42. The second kappa shape index (κ2) is 4.99. The fraction of sp³-hybridized carbons (Fsp3) is 0.333. The second-order valence-corrected chi connectivity index (χ2v) is 5.44. The van der Waals surface area contributed by atoms with Crippen molar-refractivity contribution in [3.8, 4) is 5.75 Å². The van der Waals surface area contributed by atoms with E-state index in [1.54, 1.807) is 29.8 Å². The molecule has 2 aromatic heterocycles. The van der Waals surface area contributed by atoms with E-state index in [9.17, 15) is 0 Å². The highest BCUT2D eigenvalue weighted by atomic mass is 32.1. The number of thiophene rings is 2. The van der Waals surface area contributed by atoms with Gasteiger partial charge in [-0.1, -0.05) is 0 Å². The molecule has 86 valence electrons. The minimum Gasteiger partial charge on any atom is -0.496 e. The average Bonchev–Trinajstić information content (AvgIpc) is 2.90. The second-order valence-electron chi connectivity index (χ2n) is 3.54. The first-order chi connectivity index (χ1) is 7.77. The predicted molar refractivity (Wildman–Crippen MR) is 70.8 cm³/mol. The molecular weight excluding hydrogens is 238 g/mol. The van der Waals surface area contributed by atoms with Gasteiger partial charge in [0.05, 0.1) is 18.0 Å². The van der Waals surface area contributed by atoms with E-state index >= 15 is 0 Å². The van der Waals surface area contributed by atoms with Gasteiger partial charge in [0.15, 0.2) is 0 Å². The average molecular weight is 253 g/mol. The Balaban J connectivity index is 2.40. The maximum absolute atomic E-state index is 5.38. The molecule has 1 N–H and O–H groups in total. The first-order valence-electron chi connectivity index (χ1n) is 5.10. The Kier molecular flexibility index (Phi) is 3.63. The fourth-order valence-corrected chi connectivity index (χ4v) is 3.85. The van der Waals surface area contributed by atoms with Crippen LogP contribution in [0.4, 0.5) is 0 Å². The van der Waals surface area contributed by atoms with Crippen molar-refractivity contribution in [1.82, 2.24) is 5.32 Å². The standard InChI is InChI=1S/C12H15NOS2/c1-8-4-6-15-11(8)10(13-2)12-9(14-3)5-7-16-12/h4-7,10,13H,1-3H3. The zero-order valence-corrected chi connectivity index (χ0v) is 11.2. The Hall–Kier alpha value is -0.840. The van der Waals surface area contributed by atoms with Crippen molar-refractivity contribution in [1.29, 1.82) is 0 Å². The van der Waals surface area contributed by atoms with E-state index in [1.165, 1.54) is 15.3 Å². The van der Waals surface area contributed by atoms with Crippen molar-refractivity contribution >= 4 is 22.7 Å². The van der Waals surface area contributed by atoms with Gasteiger partial charge in [0.25, 0.3) is 0 Å². The minimum absolute atomic E-state index is 0.245. The van der Waals surface area contributed by atoms with Crippen LogP contribution in [0.15, 0.2) is 22.9 Å². The Labute approximate surface area is 104 Å². The van der Waals surface area contributed by atoms with Crippen LogP contribution in [-0.4, -0.2) is 14.2 Å². The normalized spacial score (nSPS) is 12.7. The molecule has 0 fully saturated rings. The Morgan fingerprint density at radius 2 is 1.88 bits per heavy atom. The van der Waals surface area contributed by atoms with E-state index in [0.29, 0.717) is 0 Å². The van der Waals surface area contributed by atoms with Crippen LogP contribution < -0.4 is 10.1 Å². The molecule has 0 spiro atoms. The highest BCUT2D eigenvalue weighted by Crippen LogP contribution is 2.37. The van der Waals surface area contributed by atoms with Crippen LogP contribution in [0.25, 0.3) is 0 Å². The monoisotopic (exact) mass is 253 g/mol. The highest BCUT2D eigenvalue weighted by molar-refractivity contribution is 7.12. The van der Waals surface area contributed by atoms with Crippen LogP contribution in [0.2, 0.25) is 0 Å². The molecule has 16 heavy (non-hydrogen) atoms. The van der Waals surface area contributed by atoms with E-state index in [2.05, 4.69) is 29.1 Å². The van der Waals surface area contributed by atoms with Crippen LogP contribution in [0, 0.1) is 6.92 Å². The van der Waals surface area contributed by atoms with Crippen molar-refractivity contribution in [2.24, 2.45) is 0 Å². The largest absolute Gasteiger partial charge is 0.496 e. The zero-order valence-electron chi connectivity index (χ0n) is 9.61. The maximum atomic E-state index is 5.38. The van der Waals surface area contributed by atoms with Gasteiger partial charge in [0.1, 0.15) is 5.75 Å². The number of ether oxygens (including phenoxy) is 1. The molecule has 0 aliphatic rings. The summed E-state index contributed by atoms with van der Waals surface area (Å²) in [6.07, 6.45) is 0. The molecule has 2 nitrogen and oxygen atoms in total. The van der Waals surface area contributed by atoms with Crippen molar-refractivity contribution in [2.75, 3.05) is 14.2 Å². The molecule has 2 heterocycles. The third-order valence-electron chi connectivity index (χ3n) is 2.59. The van der Waals surface area contributed by atoms with Gasteiger partial charge in [-0.05, 0) is 42.4 Å². The highest BCUT2D eigenvalue weighted by Gasteiger charge is 2.20. The summed E-state index contributed by atoms with van der Waals surface area (Å²) in [5, 5.41) is 7.57. The molecule has 2 rings (SSSR count). The molecule has 1 atom stereocenters. The lowest BCUT2D eigenvalue weighted by Crippen LogP contribution is -2.16. The number of nitrogens with one attached hydrogen (secondary N) is 1. The molecule has 0 aliphatic heterocycles. The molecule has 0 amide bonds. The molecule has 0 radical (unpaired) electrons. The van der Waals surface area contributed by atoms with Crippen LogP contribution in [0.3, 0.4) is 0 Å². The first-order valence-corrected chi connectivity index (χ1v) is 6.86. The number of rotatable bonds is 4. The van der Waals surface area contributed by atoms with E-state index in [-0.39, 0.29) is 6.04 Å². The van der Waals surface area contributed by atoms with Gasteiger partial charge in [-0.25, -0.2) is 0 Å². The summed E-state index contributed by atoms with van der Waals surface area (Å²) >= 11 is 3.52. The summed E-state index contributed by atoms with van der Waals surface area (Å²) in [7, 11) is 3.71. The van der Waals surface area contributed by atoms with Gasteiger partial charge in [-0.3, -0.25) is 0 Å². The topological polar surface area (TPSA) is 21.3 Å². The molecule has 0 bridgehead atoms. The summed E-state index contributed by atoms with van der Waals surface area (Å²) in [5.74, 6) is 0.970. The van der Waals surface area contributed by atoms with Crippen molar-refractivity contribution < 1.29 is 4.74 Å². The molecule has 0 aliphatic carbocycles. The maximum Gasteiger partial charge on any atom is 0.134 e. The number of hydrogen-bond donors (Lipinski definition) is 1. The summed E-state index contributed by atoms with van der Waals surface area (Å²) in [4.78, 5) is 2.61. The molecule has 0 aromatic carbocycles. The summed E-state index contributed by atoms with van der Waals surface area (Å²) < 4.78 is 5.38. The van der Waals surface area contributed by atoms with Gasteiger partial charge < -0.3 is 10.1 Å². The lowest BCUT2D eigenvalue weighted by atomic mass is 10.1. The lowest BCUT2D eigenvalue weighted by Gasteiger charge is -2.15. The van der Waals surface area contributed by atoms with E-state index in [1.807, 2.05) is 13.1 Å². The van der Waals surface area contributed by atoms with Gasteiger partial charge >= 0.3 is 0 Å². The van der Waals surface area contributed by atoms with Crippen molar-refractivity contribution in [3.05, 3.63) is 38.2 Å². The van der Waals surface area contributed by atoms with Crippen molar-refractivity contribution in [2.45, 2.75) is 13.0 Å². The number of aryl methyl sites for hydroxylation is 1. The van der Waals surface area contributed by atoms with Gasteiger partial charge in [0.2, 0.25) is 0 Å². The number of methoxy groups -OCH3 is 1. The van der Waals surface area contributed by atoms with Crippen LogP contribution in [0.5, 0.6) is 5.75 Å². The predicted octanol–water partition coefficient (Wildman–Crippen LogP) is 3.44. The Morgan fingerprint density at radius 1 is 1.19 bits per heavy atom. The van der Waals surface area contributed by atoms with Crippen LogP contribution >= 0.6 is 22.7 Å². The molecule has 1 unspecified atom stereocenters. The third-order valence-corrected chi connectivity index (χ3v) is 4.64. The van der Waals surface area contributed by atoms with Crippen molar-refractivity contribution in [3.63, 3.8) is 0 Å². The summed E-state index contributed by atoms with van der Waals surface area (Å²) in [6.45, 7) is 2.15. The molecule has 4 heteroatoms. The van der Waals surface area contributed by atoms with Crippen LogP contribution in [-0.2, 0) is 0 Å². The van der Waals surface area contributed by atoms with Crippen LogP contribution in [0.1, 0.15) is 21.4 Å². The van der Waals surface area contributed by atoms with Gasteiger partial charge in [-0.2, -0.15) is 0 Å².